The molecule has 1 aliphatic heterocycles. The summed E-state index contributed by atoms with van der Waals surface area (Å²) in [5.74, 6) is -1.29. The lowest BCUT2D eigenvalue weighted by Gasteiger charge is -2.11. The number of carbonyl (C=O) groups excluding carboxylic acids is 2. The number of benzene rings is 2. The van der Waals surface area contributed by atoms with Crippen LogP contribution in [0.25, 0.3) is 0 Å². The van der Waals surface area contributed by atoms with E-state index in [2.05, 4.69) is 15.8 Å². The molecule has 0 saturated carbocycles. The summed E-state index contributed by atoms with van der Waals surface area (Å²) in [6.45, 7) is 0.212. The zero-order chi connectivity index (χ0) is 19.9. The predicted molar refractivity (Wildman–Crippen MR) is 103 cm³/mol. The fraction of sp³-hybridized carbons (Fsp3) is 0.250. The third-order valence-electron chi connectivity index (χ3n) is 4.25. The second-order valence-corrected chi connectivity index (χ2v) is 6.52. The van der Waals surface area contributed by atoms with Crippen molar-refractivity contribution in [1.82, 2.24) is 10.6 Å². The van der Waals surface area contributed by atoms with Crippen molar-refractivity contribution in [3.8, 4) is 0 Å². The summed E-state index contributed by atoms with van der Waals surface area (Å²) in [4.78, 5) is 28.7. The van der Waals surface area contributed by atoms with Gasteiger partial charge in [-0.25, -0.2) is 4.39 Å². The monoisotopic (exact) mass is 403 g/mol. The van der Waals surface area contributed by atoms with Crippen molar-refractivity contribution in [2.24, 2.45) is 5.16 Å². The van der Waals surface area contributed by atoms with E-state index in [1.54, 1.807) is 12.1 Å². The molecule has 0 radical (unpaired) electrons. The van der Waals surface area contributed by atoms with Gasteiger partial charge in [0.15, 0.2) is 0 Å². The van der Waals surface area contributed by atoms with Gasteiger partial charge in [-0.05, 0) is 17.2 Å². The van der Waals surface area contributed by atoms with E-state index < -0.39 is 11.9 Å². The lowest BCUT2D eigenvalue weighted by molar-refractivity contribution is -0.131. The van der Waals surface area contributed by atoms with E-state index in [1.807, 2.05) is 30.3 Å². The zero-order valence-corrected chi connectivity index (χ0v) is 15.7. The van der Waals surface area contributed by atoms with Crippen LogP contribution in [0.5, 0.6) is 0 Å². The number of alkyl halides is 1. The van der Waals surface area contributed by atoms with Crippen molar-refractivity contribution < 1.29 is 18.8 Å². The first kappa shape index (κ1) is 19.8. The highest BCUT2D eigenvalue weighted by Gasteiger charge is 2.28. The van der Waals surface area contributed by atoms with Crippen LogP contribution in [0.15, 0.2) is 53.7 Å². The van der Waals surface area contributed by atoms with Gasteiger partial charge < -0.3 is 15.5 Å². The van der Waals surface area contributed by atoms with Crippen LogP contribution in [0.3, 0.4) is 0 Å². The van der Waals surface area contributed by atoms with E-state index in [9.17, 15) is 14.0 Å². The molecule has 2 amide bonds. The summed E-state index contributed by atoms with van der Waals surface area (Å²) in [7, 11) is 0. The van der Waals surface area contributed by atoms with Gasteiger partial charge in [-0.1, -0.05) is 47.6 Å². The molecule has 1 atom stereocenters. The minimum atomic E-state index is -0.733. The highest BCUT2D eigenvalue weighted by Crippen LogP contribution is 2.17. The molecule has 0 spiro atoms. The van der Waals surface area contributed by atoms with Gasteiger partial charge in [0, 0.05) is 25.1 Å². The van der Waals surface area contributed by atoms with Crippen LogP contribution in [0.2, 0.25) is 0 Å². The highest BCUT2D eigenvalue weighted by molar-refractivity contribution is 6.27. The normalized spacial score (nSPS) is 15.5. The summed E-state index contributed by atoms with van der Waals surface area (Å²) >= 11 is 5.40. The Morgan fingerprint density at radius 1 is 1.14 bits per heavy atom. The molecule has 28 heavy (non-hydrogen) atoms. The lowest BCUT2D eigenvalue weighted by Crippen LogP contribution is -2.34. The summed E-state index contributed by atoms with van der Waals surface area (Å²) < 4.78 is 14.2. The summed E-state index contributed by atoms with van der Waals surface area (Å²) in [6.07, 6.45) is -0.374. The Morgan fingerprint density at radius 2 is 1.93 bits per heavy atom. The standard InChI is InChI=1S/C20H19ClFN3O3/c21-10-19(26)23-11-13-6-7-15(16(22)8-13)12-24-20(27)18-9-17(25-28-18)14-4-2-1-3-5-14/h1-8,18H,9-12H2,(H,23,26)(H,24,27). The Labute approximate surface area is 166 Å². The number of amides is 2. The molecule has 6 nitrogen and oxygen atoms in total. The second kappa shape index (κ2) is 9.32. The van der Waals surface area contributed by atoms with E-state index in [1.165, 1.54) is 6.07 Å². The topological polar surface area (TPSA) is 79.8 Å². The van der Waals surface area contributed by atoms with E-state index in [4.69, 9.17) is 16.4 Å². The van der Waals surface area contributed by atoms with Gasteiger partial charge in [0.2, 0.25) is 12.0 Å². The molecule has 3 rings (SSSR count). The molecule has 0 bridgehead atoms. The number of nitrogens with one attached hydrogen (secondary N) is 2. The van der Waals surface area contributed by atoms with Gasteiger partial charge >= 0.3 is 0 Å². The van der Waals surface area contributed by atoms with Crippen LogP contribution in [0.4, 0.5) is 4.39 Å². The summed E-state index contributed by atoms with van der Waals surface area (Å²) in [5.41, 5.74) is 2.55. The summed E-state index contributed by atoms with van der Waals surface area (Å²) in [6, 6.07) is 14.0. The van der Waals surface area contributed by atoms with Gasteiger partial charge in [-0.2, -0.15) is 0 Å². The van der Waals surface area contributed by atoms with Crippen LogP contribution in [0.1, 0.15) is 23.1 Å². The predicted octanol–water partition coefficient (Wildman–Crippen LogP) is 2.49. The quantitative estimate of drug-likeness (QED) is 0.697. The third kappa shape index (κ3) is 5.07. The first-order chi connectivity index (χ1) is 13.6. The van der Waals surface area contributed by atoms with Crippen molar-refractivity contribution in [3.05, 3.63) is 71.0 Å². The largest absolute Gasteiger partial charge is 0.382 e. The molecule has 0 fully saturated rings. The van der Waals surface area contributed by atoms with Crippen LogP contribution >= 0.6 is 11.6 Å². The fourth-order valence-corrected chi connectivity index (χ4v) is 2.80. The fourth-order valence-electron chi connectivity index (χ4n) is 2.71. The van der Waals surface area contributed by atoms with Gasteiger partial charge in [0.1, 0.15) is 11.7 Å². The average molecular weight is 404 g/mol. The maximum absolute atomic E-state index is 14.2. The van der Waals surface area contributed by atoms with E-state index in [0.717, 1.165) is 5.56 Å². The molecular formula is C20H19ClFN3O3. The highest BCUT2D eigenvalue weighted by atomic mass is 35.5. The lowest BCUT2D eigenvalue weighted by atomic mass is 10.0. The molecule has 2 N–H and O–H groups in total. The number of hydrogen-bond acceptors (Lipinski definition) is 4. The Hall–Kier alpha value is -2.93. The van der Waals surface area contributed by atoms with Gasteiger partial charge in [0.05, 0.1) is 5.71 Å². The molecule has 0 aromatic heterocycles. The molecule has 2 aromatic rings. The van der Waals surface area contributed by atoms with Crippen LogP contribution < -0.4 is 10.6 Å². The van der Waals surface area contributed by atoms with E-state index in [-0.39, 0.29) is 30.8 Å². The Bertz CT molecular complexity index is 890. The third-order valence-corrected chi connectivity index (χ3v) is 4.49. The maximum atomic E-state index is 14.2. The Kier molecular flexibility index (Phi) is 6.60. The number of oxime groups is 1. The average Bonchev–Trinajstić information content (AvgIpc) is 3.22. The number of hydrogen-bond donors (Lipinski definition) is 2. The number of nitrogens with zero attached hydrogens (tertiary/aromatic N) is 1. The van der Waals surface area contributed by atoms with Crippen molar-refractivity contribution >= 4 is 29.1 Å². The Morgan fingerprint density at radius 3 is 2.64 bits per heavy atom. The van der Waals surface area contributed by atoms with Crippen molar-refractivity contribution in [3.63, 3.8) is 0 Å². The van der Waals surface area contributed by atoms with Gasteiger partial charge in [-0.15, -0.1) is 11.6 Å². The minimum absolute atomic E-state index is 0.0273. The molecular weight excluding hydrogens is 385 g/mol. The molecule has 2 aromatic carbocycles. The van der Waals surface area contributed by atoms with Crippen molar-refractivity contribution in [1.29, 1.82) is 0 Å². The van der Waals surface area contributed by atoms with Crippen molar-refractivity contribution in [2.45, 2.75) is 25.6 Å². The number of rotatable bonds is 7. The first-order valence-corrected chi connectivity index (χ1v) is 9.26. The van der Waals surface area contributed by atoms with E-state index >= 15 is 0 Å². The number of carbonyl (C=O) groups is 2. The zero-order valence-electron chi connectivity index (χ0n) is 15.0. The first-order valence-electron chi connectivity index (χ1n) is 8.72. The molecule has 1 unspecified atom stereocenters. The molecule has 1 aliphatic rings. The smallest absolute Gasteiger partial charge is 0.264 e. The maximum Gasteiger partial charge on any atom is 0.264 e. The van der Waals surface area contributed by atoms with Crippen molar-refractivity contribution in [2.75, 3.05) is 5.88 Å². The van der Waals surface area contributed by atoms with Crippen LogP contribution in [-0.4, -0.2) is 29.5 Å². The molecule has 1 heterocycles. The van der Waals surface area contributed by atoms with Gasteiger partial charge in [-0.3, -0.25) is 9.59 Å². The summed E-state index contributed by atoms with van der Waals surface area (Å²) in [5, 5.41) is 9.20. The Balaban J connectivity index is 1.50. The number of halogens is 2. The van der Waals surface area contributed by atoms with Gasteiger partial charge in [0.25, 0.3) is 5.91 Å². The van der Waals surface area contributed by atoms with E-state index in [0.29, 0.717) is 23.3 Å². The molecule has 146 valence electrons. The molecule has 0 saturated heterocycles. The van der Waals surface area contributed by atoms with Crippen LogP contribution in [-0.2, 0) is 27.5 Å². The minimum Gasteiger partial charge on any atom is -0.382 e. The molecule has 0 aliphatic carbocycles. The SMILES string of the molecule is O=C(CCl)NCc1ccc(CNC(=O)C2CC(c3ccccc3)=NO2)c(F)c1. The van der Waals surface area contributed by atoms with Crippen LogP contribution in [0, 0.1) is 5.82 Å². The molecule has 8 heteroatoms. The second-order valence-electron chi connectivity index (χ2n) is 6.26.